The van der Waals surface area contributed by atoms with E-state index in [1.807, 2.05) is 30.3 Å². The van der Waals surface area contributed by atoms with Gasteiger partial charge in [0.15, 0.2) is 0 Å². The molecule has 0 saturated heterocycles. The predicted octanol–water partition coefficient (Wildman–Crippen LogP) is 1.33. The van der Waals surface area contributed by atoms with Crippen LogP contribution in [0.1, 0.15) is 12.5 Å². The monoisotopic (exact) mass is 222 g/mol. The van der Waals surface area contributed by atoms with Crippen molar-refractivity contribution in [1.29, 1.82) is 0 Å². The molecule has 1 aromatic carbocycles. The molecule has 1 unspecified atom stereocenters. The van der Waals surface area contributed by atoms with Gasteiger partial charge in [-0.25, -0.2) is 4.79 Å². The highest BCUT2D eigenvalue weighted by molar-refractivity contribution is 6.35. The quantitative estimate of drug-likeness (QED) is 0.557. The fraction of sp³-hybridized carbons (Fsp3) is 0.333. The standard InChI is InChI=1S/C12H14O4/c1-9(11(13)12(14)15-2)16-8-10-6-4-3-5-7-10/h3-7,9H,8H2,1-2H3. The third kappa shape index (κ3) is 3.47. The molecule has 1 aromatic rings. The molecule has 1 atom stereocenters. The molecule has 0 amide bonds. The van der Waals surface area contributed by atoms with Gasteiger partial charge in [-0.05, 0) is 12.5 Å². The molecule has 0 heterocycles. The van der Waals surface area contributed by atoms with Crippen LogP contribution in [-0.2, 0) is 25.7 Å². The van der Waals surface area contributed by atoms with Crippen LogP contribution in [0.3, 0.4) is 0 Å². The zero-order chi connectivity index (χ0) is 12.0. The summed E-state index contributed by atoms with van der Waals surface area (Å²) in [7, 11) is 1.17. The molecule has 0 N–H and O–H groups in total. The molecule has 0 fully saturated rings. The number of benzene rings is 1. The van der Waals surface area contributed by atoms with Crippen molar-refractivity contribution in [2.75, 3.05) is 7.11 Å². The maximum Gasteiger partial charge on any atom is 0.377 e. The Morgan fingerprint density at radius 3 is 2.44 bits per heavy atom. The molecule has 86 valence electrons. The number of carbonyl (C=O) groups is 2. The van der Waals surface area contributed by atoms with Gasteiger partial charge in [-0.1, -0.05) is 30.3 Å². The zero-order valence-corrected chi connectivity index (χ0v) is 9.30. The van der Waals surface area contributed by atoms with E-state index in [2.05, 4.69) is 4.74 Å². The van der Waals surface area contributed by atoms with Gasteiger partial charge in [-0.15, -0.1) is 0 Å². The molecule has 4 heteroatoms. The molecular formula is C12H14O4. The summed E-state index contributed by atoms with van der Waals surface area (Å²) >= 11 is 0. The van der Waals surface area contributed by atoms with Gasteiger partial charge >= 0.3 is 5.97 Å². The van der Waals surface area contributed by atoms with E-state index in [9.17, 15) is 9.59 Å². The highest BCUT2D eigenvalue weighted by Crippen LogP contribution is 2.04. The van der Waals surface area contributed by atoms with E-state index in [-0.39, 0.29) is 0 Å². The summed E-state index contributed by atoms with van der Waals surface area (Å²) < 4.78 is 9.58. The van der Waals surface area contributed by atoms with Crippen LogP contribution in [0.4, 0.5) is 0 Å². The van der Waals surface area contributed by atoms with Gasteiger partial charge in [-0.2, -0.15) is 0 Å². The summed E-state index contributed by atoms with van der Waals surface area (Å²) in [5, 5.41) is 0. The summed E-state index contributed by atoms with van der Waals surface area (Å²) in [4.78, 5) is 22.2. The summed E-state index contributed by atoms with van der Waals surface area (Å²) in [5.41, 5.74) is 0.951. The average Bonchev–Trinajstić information content (AvgIpc) is 2.35. The predicted molar refractivity (Wildman–Crippen MR) is 57.7 cm³/mol. The third-order valence-corrected chi connectivity index (χ3v) is 2.10. The molecule has 16 heavy (non-hydrogen) atoms. The molecule has 0 radical (unpaired) electrons. The lowest BCUT2D eigenvalue weighted by Gasteiger charge is -2.10. The van der Waals surface area contributed by atoms with Crippen molar-refractivity contribution in [2.24, 2.45) is 0 Å². The minimum atomic E-state index is -0.874. The van der Waals surface area contributed by atoms with Crippen molar-refractivity contribution in [3.63, 3.8) is 0 Å². The van der Waals surface area contributed by atoms with Crippen molar-refractivity contribution in [3.8, 4) is 0 Å². The first-order valence-corrected chi connectivity index (χ1v) is 4.93. The molecule has 1 rings (SSSR count). The van der Waals surface area contributed by atoms with Crippen LogP contribution >= 0.6 is 0 Å². The minimum Gasteiger partial charge on any atom is -0.463 e. The summed E-state index contributed by atoms with van der Waals surface area (Å²) in [6, 6.07) is 9.42. The lowest BCUT2D eigenvalue weighted by atomic mass is 10.2. The maximum absolute atomic E-state index is 11.3. The van der Waals surface area contributed by atoms with Crippen LogP contribution in [0, 0.1) is 0 Å². The van der Waals surface area contributed by atoms with E-state index in [0.717, 1.165) is 5.56 Å². The Balaban J connectivity index is 2.44. The summed E-state index contributed by atoms with van der Waals surface area (Å²) in [6.07, 6.45) is -0.785. The third-order valence-electron chi connectivity index (χ3n) is 2.10. The highest BCUT2D eigenvalue weighted by atomic mass is 16.5. The van der Waals surface area contributed by atoms with Crippen molar-refractivity contribution in [2.45, 2.75) is 19.6 Å². The normalized spacial score (nSPS) is 11.9. The Kier molecular flexibility index (Phi) is 4.66. The van der Waals surface area contributed by atoms with E-state index in [1.165, 1.54) is 14.0 Å². The van der Waals surface area contributed by atoms with Crippen LogP contribution < -0.4 is 0 Å². The Morgan fingerprint density at radius 2 is 1.88 bits per heavy atom. The first-order chi connectivity index (χ1) is 7.65. The maximum atomic E-state index is 11.3. The van der Waals surface area contributed by atoms with E-state index >= 15 is 0 Å². The number of Topliss-reactive ketones (excluding diaryl/α,β-unsaturated/α-hetero) is 1. The first kappa shape index (κ1) is 12.4. The summed E-state index contributed by atoms with van der Waals surface area (Å²) in [6.45, 7) is 1.83. The van der Waals surface area contributed by atoms with Crippen molar-refractivity contribution in [3.05, 3.63) is 35.9 Å². The number of carbonyl (C=O) groups excluding carboxylic acids is 2. The second-order valence-corrected chi connectivity index (χ2v) is 3.29. The molecular weight excluding hydrogens is 208 g/mol. The van der Waals surface area contributed by atoms with Crippen molar-refractivity contribution < 1.29 is 19.1 Å². The van der Waals surface area contributed by atoms with E-state index in [4.69, 9.17) is 4.74 Å². The lowest BCUT2D eigenvalue weighted by molar-refractivity contribution is -0.157. The number of rotatable bonds is 5. The van der Waals surface area contributed by atoms with Gasteiger partial charge in [0.25, 0.3) is 5.78 Å². The van der Waals surface area contributed by atoms with Crippen LogP contribution in [0.25, 0.3) is 0 Å². The number of hydrogen-bond acceptors (Lipinski definition) is 4. The van der Waals surface area contributed by atoms with E-state index in [1.54, 1.807) is 0 Å². The molecule has 0 aromatic heterocycles. The molecule has 0 aliphatic rings. The molecule has 0 spiro atoms. The number of methoxy groups -OCH3 is 1. The second kappa shape index (κ2) is 6.02. The fourth-order valence-corrected chi connectivity index (χ4v) is 1.14. The molecule has 0 saturated carbocycles. The Morgan fingerprint density at radius 1 is 1.25 bits per heavy atom. The van der Waals surface area contributed by atoms with Crippen LogP contribution in [0.15, 0.2) is 30.3 Å². The average molecular weight is 222 g/mol. The van der Waals surface area contributed by atoms with Crippen LogP contribution in [0.2, 0.25) is 0 Å². The topological polar surface area (TPSA) is 52.6 Å². The largest absolute Gasteiger partial charge is 0.463 e. The number of esters is 1. The van der Waals surface area contributed by atoms with Gasteiger partial charge in [-0.3, -0.25) is 4.79 Å². The van der Waals surface area contributed by atoms with Crippen LogP contribution in [0.5, 0.6) is 0 Å². The SMILES string of the molecule is COC(=O)C(=O)C(C)OCc1ccccc1. The molecule has 0 bridgehead atoms. The van der Waals surface area contributed by atoms with Gasteiger partial charge < -0.3 is 9.47 Å². The smallest absolute Gasteiger partial charge is 0.377 e. The van der Waals surface area contributed by atoms with Gasteiger partial charge in [0.2, 0.25) is 0 Å². The fourth-order valence-electron chi connectivity index (χ4n) is 1.14. The van der Waals surface area contributed by atoms with E-state index in [0.29, 0.717) is 6.61 Å². The van der Waals surface area contributed by atoms with Gasteiger partial charge in [0, 0.05) is 0 Å². The Labute approximate surface area is 94.2 Å². The Hall–Kier alpha value is -1.68. The highest BCUT2D eigenvalue weighted by Gasteiger charge is 2.22. The second-order valence-electron chi connectivity index (χ2n) is 3.29. The molecule has 0 aliphatic heterocycles. The number of ether oxygens (including phenoxy) is 2. The molecule has 4 nitrogen and oxygen atoms in total. The number of ketones is 1. The van der Waals surface area contributed by atoms with Crippen molar-refractivity contribution >= 4 is 11.8 Å². The summed E-state index contributed by atoms with van der Waals surface area (Å²) in [5.74, 6) is -1.54. The van der Waals surface area contributed by atoms with E-state index < -0.39 is 17.9 Å². The molecule has 0 aliphatic carbocycles. The first-order valence-electron chi connectivity index (χ1n) is 4.93. The van der Waals surface area contributed by atoms with Gasteiger partial charge in [0.05, 0.1) is 13.7 Å². The lowest BCUT2D eigenvalue weighted by Crippen LogP contribution is -2.29. The minimum absolute atomic E-state index is 0.296. The van der Waals surface area contributed by atoms with Crippen molar-refractivity contribution in [1.82, 2.24) is 0 Å². The Bertz CT molecular complexity index is 359. The zero-order valence-electron chi connectivity index (χ0n) is 9.30. The number of hydrogen-bond donors (Lipinski definition) is 0. The van der Waals surface area contributed by atoms with Gasteiger partial charge in [0.1, 0.15) is 6.10 Å². The van der Waals surface area contributed by atoms with Crippen LogP contribution in [-0.4, -0.2) is 25.0 Å².